The molecule has 108 valence electrons. The van der Waals surface area contributed by atoms with Crippen molar-refractivity contribution in [3.8, 4) is 5.75 Å². The lowest BCUT2D eigenvalue weighted by atomic mass is 9.99. The molecule has 1 unspecified atom stereocenters. The van der Waals surface area contributed by atoms with Gasteiger partial charge < -0.3 is 21.1 Å². The van der Waals surface area contributed by atoms with Crippen LogP contribution in [-0.4, -0.2) is 30.5 Å². The van der Waals surface area contributed by atoms with E-state index in [9.17, 15) is 9.59 Å². The number of ether oxygens (including phenoxy) is 1. The number of primary amides is 1. The molecule has 0 spiro atoms. The molecule has 0 aromatic heterocycles. The van der Waals surface area contributed by atoms with Crippen molar-refractivity contribution in [2.24, 2.45) is 5.73 Å². The van der Waals surface area contributed by atoms with E-state index in [1.54, 1.807) is 24.3 Å². The van der Waals surface area contributed by atoms with E-state index >= 15 is 0 Å². The summed E-state index contributed by atoms with van der Waals surface area (Å²) in [6.07, 6.45) is 1.81. The number of amides is 2. The van der Waals surface area contributed by atoms with Crippen LogP contribution in [0.1, 0.15) is 19.8 Å². The van der Waals surface area contributed by atoms with Crippen molar-refractivity contribution in [2.75, 3.05) is 18.5 Å². The molecule has 1 heterocycles. The van der Waals surface area contributed by atoms with Gasteiger partial charge in [-0.05, 0) is 38.4 Å². The number of benzene rings is 1. The molecule has 1 aliphatic heterocycles. The fourth-order valence-electron chi connectivity index (χ4n) is 2.18. The largest absolute Gasteiger partial charge is 0.484 e. The molecule has 1 aromatic carbocycles. The number of nitrogens with two attached hydrogens (primary N) is 1. The first-order valence-electron chi connectivity index (χ1n) is 6.57. The Bertz CT molecular complexity index is 510. The molecular formula is C14H19N3O3. The van der Waals surface area contributed by atoms with Crippen LogP contribution in [-0.2, 0) is 9.59 Å². The molecule has 4 N–H and O–H groups in total. The molecule has 0 bridgehead atoms. The third-order valence-corrected chi connectivity index (χ3v) is 3.34. The first-order valence-corrected chi connectivity index (χ1v) is 6.57. The number of carbonyl (C=O) groups excluding carboxylic acids is 2. The van der Waals surface area contributed by atoms with E-state index in [0.29, 0.717) is 11.4 Å². The smallest absolute Gasteiger partial charge is 0.255 e. The van der Waals surface area contributed by atoms with Crippen LogP contribution < -0.4 is 21.1 Å². The van der Waals surface area contributed by atoms with Gasteiger partial charge >= 0.3 is 0 Å². The van der Waals surface area contributed by atoms with Gasteiger partial charge in [0.15, 0.2) is 6.61 Å². The maximum atomic E-state index is 12.2. The molecule has 20 heavy (non-hydrogen) atoms. The predicted molar refractivity (Wildman–Crippen MR) is 75.4 cm³/mol. The Kier molecular flexibility index (Phi) is 4.24. The fraction of sp³-hybridized carbons (Fsp3) is 0.429. The van der Waals surface area contributed by atoms with E-state index in [-0.39, 0.29) is 12.5 Å². The molecule has 1 aromatic rings. The minimum atomic E-state index is -0.540. The second-order valence-corrected chi connectivity index (χ2v) is 5.10. The van der Waals surface area contributed by atoms with Crippen molar-refractivity contribution in [2.45, 2.75) is 25.3 Å². The summed E-state index contributed by atoms with van der Waals surface area (Å²) in [7, 11) is 0. The van der Waals surface area contributed by atoms with E-state index in [1.165, 1.54) is 0 Å². The summed E-state index contributed by atoms with van der Waals surface area (Å²) in [5, 5.41) is 6.06. The lowest BCUT2D eigenvalue weighted by Crippen LogP contribution is -2.47. The van der Waals surface area contributed by atoms with Gasteiger partial charge in [0.2, 0.25) is 5.91 Å². The molecule has 1 fully saturated rings. The third kappa shape index (κ3) is 3.48. The summed E-state index contributed by atoms with van der Waals surface area (Å²) in [5.74, 6) is -0.115. The van der Waals surface area contributed by atoms with Crippen LogP contribution in [0.4, 0.5) is 5.69 Å². The highest BCUT2D eigenvalue weighted by atomic mass is 16.5. The average Bonchev–Trinajstić information content (AvgIpc) is 2.85. The number of rotatable bonds is 5. The molecule has 2 rings (SSSR count). The number of hydrogen-bond acceptors (Lipinski definition) is 4. The zero-order chi connectivity index (χ0) is 14.6. The van der Waals surface area contributed by atoms with Gasteiger partial charge in [-0.25, -0.2) is 0 Å². The van der Waals surface area contributed by atoms with Gasteiger partial charge in [-0.2, -0.15) is 0 Å². The van der Waals surface area contributed by atoms with E-state index in [0.717, 1.165) is 19.4 Å². The Balaban J connectivity index is 2.00. The lowest BCUT2D eigenvalue weighted by Gasteiger charge is -2.23. The van der Waals surface area contributed by atoms with Crippen molar-refractivity contribution < 1.29 is 14.3 Å². The fourth-order valence-corrected chi connectivity index (χ4v) is 2.18. The Hall–Kier alpha value is -2.08. The van der Waals surface area contributed by atoms with Crippen molar-refractivity contribution in [1.29, 1.82) is 0 Å². The zero-order valence-electron chi connectivity index (χ0n) is 11.4. The minimum absolute atomic E-state index is 0.0675. The van der Waals surface area contributed by atoms with Crippen LogP contribution in [0.3, 0.4) is 0 Å². The Morgan fingerprint density at radius 1 is 1.50 bits per heavy atom. The third-order valence-electron chi connectivity index (χ3n) is 3.34. The van der Waals surface area contributed by atoms with Crippen LogP contribution in [0.2, 0.25) is 0 Å². The van der Waals surface area contributed by atoms with E-state index in [2.05, 4.69) is 10.6 Å². The molecule has 0 saturated carbocycles. The minimum Gasteiger partial charge on any atom is -0.484 e. The van der Waals surface area contributed by atoms with Crippen molar-refractivity contribution in [1.82, 2.24) is 5.32 Å². The van der Waals surface area contributed by atoms with Gasteiger partial charge in [0.05, 0.1) is 5.54 Å². The Morgan fingerprint density at radius 2 is 2.30 bits per heavy atom. The molecular weight excluding hydrogens is 258 g/mol. The number of nitrogens with one attached hydrogen (secondary N) is 2. The van der Waals surface area contributed by atoms with Gasteiger partial charge in [-0.15, -0.1) is 0 Å². The maximum absolute atomic E-state index is 12.2. The predicted octanol–water partition coefficient (Wildman–Crippen LogP) is 0.631. The highest BCUT2D eigenvalue weighted by Gasteiger charge is 2.35. The monoisotopic (exact) mass is 277 g/mol. The molecule has 6 nitrogen and oxygen atoms in total. The van der Waals surface area contributed by atoms with Gasteiger partial charge in [0.1, 0.15) is 5.75 Å². The first-order chi connectivity index (χ1) is 9.49. The Labute approximate surface area is 117 Å². The number of hydrogen-bond donors (Lipinski definition) is 3. The standard InChI is InChI=1S/C14H19N3O3/c1-14(6-3-7-16-14)13(19)17-10-4-2-5-11(8-10)20-9-12(15)18/h2,4-5,8,16H,3,6-7,9H2,1H3,(H2,15,18)(H,17,19). The van der Waals surface area contributed by atoms with Crippen molar-refractivity contribution in [3.63, 3.8) is 0 Å². The summed E-state index contributed by atoms with van der Waals surface area (Å²) in [4.78, 5) is 22.9. The van der Waals surface area contributed by atoms with Gasteiger partial charge in [-0.3, -0.25) is 9.59 Å². The molecule has 1 aliphatic rings. The SMILES string of the molecule is CC1(C(=O)Nc2cccc(OCC(N)=O)c2)CCCN1. The second kappa shape index (κ2) is 5.92. The summed E-state index contributed by atoms with van der Waals surface area (Å²) in [6.45, 7) is 2.56. The quantitative estimate of drug-likeness (QED) is 0.736. The van der Waals surface area contributed by atoms with Gasteiger partial charge in [-0.1, -0.05) is 6.07 Å². The van der Waals surface area contributed by atoms with Crippen molar-refractivity contribution in [3.05, 3.63) is 24.3 Å². The van der Waals surface area contributed by atoms with Crippen LogP contribution in [0, 0.1) is 0 Å². The highest BCUT2D eigenvalue weighted by molar-refractivity contribution is 5.98. The van der Waals surface area contributed by atoms with Crippen LogP contribution >= 0.6 is 0 Å². The molecule has 0 radical (unpaired) electrons. The van der Waals surface area contributed by atoms with Crippen LogP contribution in [0.15, 0.2) is 24.3 Å². The zero-order valence-corrected chi connectivity index (χ0v) is 11.4. The highest BCUT2D eigenvalue weighted by Crippen LogP contribution is 2.22. The number of carbonyl (C=O) groups is 2. The van der Waals surface area contributed by atoms with Gasteiger partial charge in [0.25, 0.3) is 5.91 Å². The second-order valence-electron chi connectivity index (χ2n) is 5.10. The summed E-state index contributed by atoms with van der Waals surface area (Å²) < 4.78 is 5.20. The topological polar surface area (TPSA) is 93.4 Å². The van der Waals surface area contributed by atoms with E-state index in [4.69, 9.17) is 10.5 Å². The average molecular weight is 277 g/mol. The molecule has 1 atom stereocenters. The van der Waals surface area contributed by atoms with Crippen molar-refractivity contribution >= 4 is 17.5 Å². The summed E-state index contributed by atoms with van der Waals surface area (Å²) in [5.41, 5.74) is 5.12. The maximum Gasteiger partial charge on any atom is 0.255 e. The lowest BCUT2D eigenvalue weighted by molar-refractivity contribution is -0.121. The first kappa shape index (κ1) is 14.3. The van der Waals surface area contributed by atoms with Crippen LogP contribution in [0.25, 0.3) is 0 Å². The molecule has 1 saturated heterocycles. The summed E-state index contributed by atoms with van der Waals surface area (Å²) >= 11 is 0. The molecule has 0 aliphatic carbocycles. The van der Waals surface area contributed by atoms with E-state index < -0.39 is 11.4 Å². The molecule has 6 heteroatoms. The number of anilines is 1. The summed E-state index contributed by atoms with van der Waals surface area (Å²) in [6, 6.07) is 6.89. The van der Waals surface area contributed by atoms with Gasteiger partial charge in [0, 0.05) is 11.8 Å². The van der Waals surface area contributed by atoms with Crippen LogP contribution in [0.5, 0.6) is 5.75 Å². The Morgan fingerprint density at radius 3 is 2.95 bits per heavy atom. The molecule has 2 amide bonds. The van der Waals surface area contributed by atoms with E-state index in [1.807, 2.05) is 6.92 Å². The normalized spacial score (nSPS) is 21.4.